The average Bonchev–Trinajstić information content (AvgIpc) is 3.21. The zero-order valence-corrected chi connectivity index (χ0v) is 23.9. The Kier molecular flexibility index (Phi) is 9.21. The van der Waals surface area contributed by atoms with E-state index in [-0.39, 0.29) is 23.9 Å². The zero-order chi connectivity index (χ0) is 27.3. The third-order valence-corrected chi connectivity index (χ3v) is 6.91. The van der Waals surface area contributed by atoms with Gasteiger partial charge in [0.05, 0.1) is 17.5 Å². The summed E-state index contributed by atoms with van der Waals surface area (Å²) in [7, 11) is 0. The molecular formula is C30H40ClN3O4. The number of hydrogen-bond acceptors (Lipinski definition) is 6. The molecular weight excluding hydrogens is 502 g/mol. The fraction of sp³-hybridized carbons (Fsp3) is 0.533. The van der Waals surface area contributed by atoms with Crippen LogP contribution in [0, 0.1) is 11.8 Å². The molecule has 0 spiro atoms. The Balaban J connectivity index is 1.52. The summed E-state index contributed by atoms with van der Waals surface area (Å²) >= 11 is 6.03. The highest BCUT2D eigenvalue weighted by molar-refractivity contribution is 6.30. The van der Waals surface area contributed by atoms with Gasteiger partial charge in [-0.15, -0.1) is 0 Å². The Bertz CT molecular complexity index is 1220. The lowest BCUT2D eigenvalue weighted by atomic mass is 9.83. The average molecular weight is 542 g/mol. The first-order valence-corrected chi connectivity index (χ1v) is 14.0. The van der Waals surface area contributed by atoms with Crippen molar-refractivity contribution in [3.8, 4) is 11.5 Å². The molecule has 0 saturated carbocycles. The van der Waals surface area contributed by atoms with E-state index in [1.165, 1.54) is 0 Å². The molecule has 2 heterocycles. The normalized spacial score (nSPS) is 18.1. The van der Waals surface area contributed by atoms with E-state index in [1.54, 1.807) is 0 Å². The monoisotopic (exact) mass is 541 g/mol. The molecule has 0 amide bonds. The van der Waals surface area contributed by atoms with Crippen molar-refractivity contribution in [1.82, 2.24) is 14.9 Å². The Morgan fingerprint density at radius 2 is 1.95 bits per heavy atom. The maximum absolute atomic E-state index is 12.9. The highest BCUT2D eigenvalue weighted by Gasteiger charge is 2.33. The van der Waals surface area contributed by atoms with Gasteiger partial charge in [0, 0.05) is 18.1 Å². The van der Waals surface area contributed by atoms with Gasteiger partial charge in [0.15, 0.2) is 0 Å². The van der Waals surface area contributed by atoms with Crippen LogP contribution < -0.4 is 14.8 Å². The first-order chi connectivity index (χ1) is 18.1. The fourth-order valence-corrected chi connectivity index (χ4v) is 5.11. The summed E-state index contributed by atoms with van der Waals surface area (Å²) in [6, 6.07) is 13.4. The van der Waals surface area contributed by atoms with Crippen LogP contribution >= 0.6 is 11.6 Å². The smallest absolute Gasteiger partial charge is 0.311 e. The van der Waals surface area contributed by atoms with E-state index in [2.05, 4.69) is 16.0 Å². The first kappa shape index (κ1) is 28.2. The summed E-state index contributed by atoms with van der Waals surface area (Å²) in [5.41, 5.74) is 1.38. The van der Waals surface area contributed by atoms with Crippen molar-refractivity contribution in [3.63, 3.8) is 0 Å². The van der Waals surface area contributed by atoms with Gasteiger partial charge in [-0.1, -0.05) is 17.7 Å². The summed E-state index contributed by atoms with van der Waals surface area (Å²) in [6.07, 6.45) is 2.86. The molecule has 7 nitrogen and oxygen atoms in total. The van der Waals surface area contributed by atoms with Crippen molar-refractivity contribution >= 4 is 28.6 Å². The molecule has 206 valence electrons. The summed E-state index contributed by atoms with van der Waals surface area (Å²) in [4.78, 5) is 17.8. The molecule has 4 rings (SSSR count). The van der Waals surface area contributed by atoms with Gasteiger partial charge in [0.2, 0.25) is 0 Å². The van der Waals surface area contributed by atoms with Crippen molar-refractivity contribution in [2.75, 3.05) is 13.1 Å². The lowest BCUT2D eigenvalue weighted by molar-refractivity contribution is -0.162. The van der Waals surface area contributed by atoms with Crippen LogP contribution in [-0.4, -0.2) is 40.3 Å². The van der Waals surface area contributed by atoms with Gasteiger partial charge in [0.1, 0.15) is 35.0 Å². The Labute approximate surface area is 230 Å². The van der Waals surface area contributed by atoms with E-state index >= 15 is 0 Å². The van der Waals surface area contributed by atoms with Crippen LogP contribution in [0.5, 0.6) is 11.5 Å². The lowest BCUT2D eigenvalue weighted by Crippen LogP contribution is -2.43. The second kappa shape index (κ2) is 12.4. The minimum absolute atomic E-state index is 0.0456. The molecule has 3 aromatic rings. The predicted octanol–water partition coefficient (Wildman–Crippen LogP) is 6.40. The fourth-order valence-electron chi connectivity index (χ4n) is 4.98. The molecule has 1 fully saturated rings. The molecule has 0 radical (unpaired) electrons. The third kappa shape index (κ3) is 7.41. The van der Waals surface area contributed by atoms with Crippen LogP contribution in [0.25, 0.3) is 11.0 Å². The molecule has 38 heavy (non-hydrogen) atoms. The van der Waals surface area contributed by atoms with Gasteiger partial charge in [-0.2, -0.15) is 0 Å². The minimum atomic E-state index is -0.483. The van der Waals surface area contributed by atoms with Crippen LogP contribution in [0.15, 0.2) is 42.5 Å². The summed E-state index contributed by atoms with van der Waals surface area (Å²) in [6.45, 7) is 12.5. The van der Waals surface area contributed by atoms with E-state index in [9.17, 15) is 4.79 Å². The number of aryl methyl sites for hydroxylation is 1. The number of carbonyl (C=O) groups excluding carboxylic acids is 1. The van der Waals surface area contributed by atoms with Crippen LogP contribution in [0.2, 0.25) is 5.02 Å². The number of carbonyl (C=O) groups is 1. The van der Waals surface area contributed by atoms with Crippen molar-refractivity contribution in [3.05, 3.63) is 53.3 Å². The molecule has 0 bridgehead atoms. The van der Waals surface area contributed by atoms with Crippen molar-refractivity contribution in [2.24, 2.45) is 11.8 Å². The largest absolute Gasteiger partial charge is 0.489 e. The first-order valence-electron chi connectivity index (χ1n) is 13.6. The summed E-state index contributed by atoms with van der Waals surface area (Å²) < 4.78 is 20.1. The third-order valence-electron chi connectivity index (χ3n) is 6.66. The van der Waals surface area contributed by atoms with E-state index < -0.39 is 5.60 Å². The number of para-hydroxylation sites is 1. The van der Waals surface area contributed by atoms with Gasteiger partial charge in [-0.05, 0) is 103 Å². The van der Waals surface area contributed by atoms with Crippen LogP contribution in [0.1, 0.15) is 59.7 Å². The maximum atomic E-state index is 12.9. The highest BCUT2D eigenvalue weighted by Crippen LogP contribution is 2.30. The second-order valence-corrected chi connectivity index (χ2v) is 11.7. The second-order valence-electron chi connectivity index (χ2n) is 11.2. The number of halogens is 1. The molecule has 1 aliphatic heterocycles. The van der Waals surface area contributed by atoms with Crippen molar-refractivity contribution < 1.29 is 19.0 Å². The van der Waals surface area contributed by atoms with Crippen LogP contribution in [-0.2, 0) is 22.7 Å². The molecule has 2 aromatic carbocycles. The van der Waals surface area contributed by atoms with Crippen molar-refractivity contribution in [1.29, 1.82) is 0 Å². The van der Waals surface area contributed by atoms with Gasteiger partial charge in [0.25, 0.3) is 0 Å². The topological polar surface area (TPSA) is 74.6 Å². The number of nitrogens with zero attached hydrogens (tertiary/aromatic N) is 2. The molecule has 2 unspecified atom stereocenters. The number of rotatable bonds is 10. The number of fused-ring (bicyclic) bond motifs is 1. The molecule has 2 atom stereocenters. The maximum Gasteiger partial charge on any atom is 0.311 e. The van der Waals surface area contributed by atoms with E-state index in [4.69, 9.17) is 30.8 Å². The summed E-state index contributed by atoms with van der Waals surface area (Å²) in [5, 5.41) is 4.04. The quantitative estimate of drug-likeness (QED) is 0.299. The predicted molar refractivity (Wildman–Crippen MR) is 151 cm³/mol. The molecule has 1 N–H and O–H groups in total. The standard InChI is InChI=1S/C30H40ClN3O4/c1-20(2)37-26-10-6-9-25-28(26)33-27(19-36-23-13-11-22(31)12-14-23)34(25)17-7-8-21-15-16-32-18-24(21)29(35)38-30(3,4)5/h6,9-14,20-21,24,32H,7-8,15-19H2,1-5H3. The van der Waals surface area contributed by atoms with Crippen molar-refractivity contribution in [2.45, 2.75) is 78.7 Å². The molecule has 1 saturated heterocycles. The number of aromatic nitrogens is 2. The van der Waals surface area contributed by atoms with E-state index in [0.29, 0.717) is 18.2 Å². The van der Waals surface area contributed by atoms with Gasteiger partial charge >= 0.3 is 5.97 Å². The number of ether oxygens (including phenoxy) is 3. The number of esters is 1. The summed E-state index contributed by atoms with van der Waals surface area (Å²) in [5.74, 6) is 2.41. The molecule has 1 aromatic heterocycles. The van der Waals surface area contributed by atoms with E-state index in [1.807, 2.05) is 71.0 Å². The Hall–Kier alpha value is -2.77. The minimum Gasteiger partial charge on any atom is -0.489 e. The van der Waals surface area contributed by atoms with Gasteiger partial charge in [-0.25, -0.2) is 4.98 Å². The van der Waals surface area contributed by atoms with Gasteiger partial charge in [-0.3, -0.25) is 4.79 Å². The Morgan fingerprint density at radius 1 is 1.18 bits per heavy atom. The molecule has 0 aliphatic carbocycles. The van der Waals surface area contributed by atoms with E-state index in [0.717, 1.165) is 60.7 Å². The SMILES string of the molecule is CC(C)Oc1cccc2c1nc(COc1ccc(Cl)cc1)n2CCCC1CCNCC1C(=O)OC(C)(C)C. The zero-order valence-electron chi connectivity index (χ0n) is 23.1. The number of piperidine rings is 1. The molecule has 8 heteroatoms. The highest BCUT2D eigenvalue weighted by atomic mass is 35.5. The number of benzene rings is 2. The van der Waals surface area contributed by atoms with Crippen LogP contribution in [0.3, 0.4) is 0 Å². The number of nitrogens with one attached hydrogen (secondary N) is 1. The lowest BCUT2D eigenvalue weighted by Gasteiger charge is -2.33. The Morgan fingerprint density at radius 3 is 2.66 bits per heavy atom. The molecule has 1 aliphatic rings. The number of imidazole rings is 1. The van der Waals surface area contributed by atoms with Crippen LogP contribution in [0.4, 0.5) is 0 Å². The van der Waals surface area contributed by atoms with Gasteiger partial charge < -0.3 is 24.1 Å². The number of hydrogen-bond donors (Lipinski definition) is 1.